The van der Waals surface area contributed by atoms with E-state index in [0.717, 1.165) is 26.9 Å². The Kier molecular flexibility index (Phi) is 7.46. The zero-order chi connectivity index (χ0) is 28.7. The highest BCUT2D eigenvalue weighted by molar-refractivity contribution is 9.10. The number of hydrogen-bond donors (Lipinski definition) is 1. The molecule has 1 aliphatic heterocycles. The number of Topliss-reactive ketones (excluding diaryl/α,β-unsaturated/α-hetero) is 1. The van der Waals surface area contributed by atoms with Gasteiger partial charge in [0.15, 0.2) is 4.34 Å². The average molecular weight is 647 g/mol. The summed E-state index contributed by atoms with van der Waals surface area (Å²) in [5.41, 5.74) is 2.10. The summed E-state index contributed by atoms with van der Waals surface area (Å²) in [5.74, 6) is -2.05. The highest BCUT2D eigenvalue weighted by Gasteiger charge is 2.48. The third-order valence-corrected chi connectivity index (χ3v) is 9.54. The van der Waals surface area contributed by atoms with Crippen molar-refractivity contribution >= 4 is 72.4 Å². The number of benzene rings is 4. The standard InChI is InChI=1S/C31H21BrFN3O3S2/c1-17-9-10-20(15-24(17)33)27(37)25-26(19-11-13-22(32)14-12-19)36(29(39)28(25)38)30-34-35-31(41-30)40-16-21-7-4-6-18-5-2-3-8-23(18)21/h2-15,26,37H,16H2,1H3. The van der Waals surface area contributed by atoms with E-state index >= 15 is 0 Å². The van der Waals surface area contributed by atoms with Crippen LogP contribution in [0, 0.1) is 12.7 Å². The molecule has 6 nitrogen and oxygen atoms in total. The Morgan fingerprint density at radius 2 is 1.78 bits per heavy atom. The summed E-state index contributed by atoms with van der Waals surface area (Å²) in [6.45, 7) is 1.60. The van der Waals surface area contributed by atoms with Crippen molar-refractivity contribution in [2.45, 2.75) is 23.1 Å². The molecule has 1 amide bonds. The van der Waals surface area contributed by atoms with Crippen molar-refractivity contribution in [3.63, 3.8) is 0 Å². The van der Waals surface area contributed by atoms with Gasteiger partial charge in [-0.15, -0.1) is 10.2 Å². The van der Waals surface area contributed by atoms with Gasteiger partial charge in [0.25, 0.3) is 5.78 Å². The van der Waals surface area contributed by atoms with Crippen LogP contribution in [0.4, 0.5) is 9.52 Å². The molecular weight excluding hydrogens is 625 g/mol. The highest BCUT2D eigenvalue weighted by Crippen LogP contribution is 2.44. The number of hydrogen-bond acceptors (Lipinski definition) is 7. The minimum atomic E-state index is -0.976. The molecule has 1 N–H and O–H groups in total. The van der Waals surface area contributed by atoms with Crippen LogP contribution in [0.25, 0.3) is 16.5 Å². The van der Waals surface area contributed by atoms with E-state index in [-0.39, 0.29) is 16.3 Å². The number of aromatic nitrogens is 2. The fourth-order valence-electron chi connectivity index (χ4n) is 4.80. The first-order chi connectivity index (χ1) is 19.8. The van der Waals surface area contributed by atoms with Crippen LogP contribution in [0.2, 0.25) is 0 Å². The number of halogens is 2. The molecule has 41 heavy (non-hydrogen) atoms. The maximum absolute atomic E-state index is 14.4. The third-order valence-electron chi connectivity index (χ3n) is 6.91. The molecule has 1 aliphatic rings. The lowest BCUT2D eigenvalue weighted by atomic mass is 9.95. The number of carbonyl (C=O) groups excluding carboxylic acids is 2. The molecule has 1 aromatic heterocycles. The minimum Gasteiger partial charge on any atom is -0.507 e. The minimum absolute atomic E-state index is 0.108. The Morgan fingerprint density at radius 1 is 1.02 bits per heavy atom. The largest absolute Gasteiger partial charge is 0.507 e. The number of carbonyl (C=O) groups is 2. The third kappa shape index (κ3) is 5.18. The fourth-order valence-corrected chi connectivity index (χ4v) is 6.94. The van der Waals surface area contributed by atoms with E-state index in [1.54, 1.807) is 31.2 Å². The number of aliphatic hydroxyl groups is 1. The van der Waals surface area contributed by atoms with Crippen LogP contribution in [0.15, 0.2) is 99.3 Å². The molecule has 0 radical (unpaired) electrons. The number of rotatable bonds is 6. The first-order valence-corrected chi connectivity index (χ1v) is 15.2. The number of amides is 1. The second-order valence-corrected chi connectivity index (χ2v) is 12.6. The van der Waals surface area contributed by atoms with E-state index in [1.165, 1.54) is 40.1 Å². The molecule has 0 bridgehead atoms. The number of aryl methyl sites for hydroxylation is 1. The van der Waals surface area contributed by atoms with Crippen LogP contribution in [-0.2, 0) is 15.3 Å². The van der Waals surface area contributed by atoms with Crippen molar-refractivity contribution < 1.29 is 19.1 Å². The Labute approximate surface area is 251 Å². The van der Waals surface area contributed by atoms with Gasteiger partial charge in [-0.2, -0.15) is 0 Å². The van der Waals surface area contributed by atoms with E-state index < -0.39 is 29.3 Å². The quantitative estimate of drug-likeness (QED) is 0.0666. The maximum atomic E-state index is 14.4. The van der Waals surface area contributed by atoms with Gasteiger partial charge in [-0.3, -0.25) is 14.5 Å². The van der Waals surface area contributed by atoms with E-state index in [1.807, 2.05) is 18.2 Å². The van der Waals surface area contributed by atoms with Crippen LogP contribution in [-0.4, -0.2) is 27.0 Å². The molecule has 0 aliphatic carbocycles. The molecule has 204 valence electrons. The smallest absolute Gasteiger partial charge is 0.301 e. The average Bonchev–Trinajstić information content (AvgIpc) is 3.55. The van der Waals surface area contributed by atoms with Crippen molar-refractivity contribution in [3.8, 4) is 0 Å². The molecule has 1 unspecified atom stereocenters. The van der Waals surface area contributed by atoms with Gasteiger partial charge in [-0.25, -0.2) is 4.39 Å². The van der Waals surface area contributed by atoms with E-state index in [9.17, 15) is 19.1 Å². The molecule has 10 heteroatoms. The van der Waals surface area contributed by atoms with Crippen LogP contribution >= 0.6 is 39.0 Å². The Bertz CT molecular complexity index is 1850. The molecule has 2 heterocycles. The number of ketones is 1. The summed E-state index contributed by atoms with van der Waals surface area (Å²) in [5, 5.41) is 22.3. The molecule has 5 aromatic rings. The van der Waals surface area contributed by atoms with Crippen LogP contribution in [0.1, 0.15) is 28.3 Å². The summed E-state index contributed by atoms with van der Waals surface area (Å²) < 4.78 is 15.8. The first kappa shape index (κ1) is 27.3. The van der Waals surface area contributed by atoms with E-state index in [2.05, 4.69) is 50.4 Å². The normalized spacial score (nSPS) is 16.6. The van der Waals surface area contributed by atoms with Gasteiger partial charge in [0.1, 0.15) is 11.6 Å². The lowest BCUT2D eigenvalue weighted by Crippen LogP contribution is -2.29. The first-order valence-electron chi connectivity index (χ1n) is 12.6. The van der Waals surface area contributed by atoms with E-state index in [0.29, 0.717) is 21.2 Å². The second kappa shape index (κ2) is 11.2. The zero-order valence-corrected chi connectivity index (χ0v) is 24.8. The van der Waals surface area contributed by atoms with Crippen molar-refractivity contribution in [2.24, 2.45) is 0 Å². The summed E-state index contributed by atoms with van der Waals surface area (Å²) >= 11 is 6.10. The molecule has 0 spiro atoms. The van der Waals surface area contributed by atoms with Gasteiger partial charge in [0.05, 0.1) is 11.6 Å². The van der Waals surface area contributed by atoms with Crippen LogP contribution in [0.3, 0.4) is 0 Å². The summed E-state index contributed by atoms with van der Waals surface area (Å²) in [6, 6.07) is 24.6. The maximum Gasteiger partial charge on any atom is 0.301 e. The molecule has 0 saturated carbocycles. The van der Waals surface area contributed by atoms with Crippen molar-refractivity contribution in [1.82, 2.24) is 10.2 Å². The molecule has 4 aromatic carbocycles. The molecular formula is C31H21BrFN3O3S2. The summed E-state index contributed by atoms with van der Waals surface area (Å²) in [4.78, 5) is 28.1. The monoisotopic (exact) mass is 645 g/mol. The lowest BCUT2D eigenvalue weighted by molar-refractivity contribution is -0.132. The Hall–Kier alpha value is -3.86. The van der Waals surface area contributed by atoms with Crippen molar-refractivity contribution in [3.05, 3.63) is 123 Å². The van der Waals surface area contributed by atoms with Crippen molar-refractivity contribution in [1.29, 1.82) is 0 Å². The number of fused-ring (bicyclic) bond motifs is 1. The lowest BCUT2D eigenvalue weighted by Gasteiger charge is -2.22. The fraction of sp³-hybridized carbons (Fsp3) is 0.0968. The molecule has 1 saturated heterocycles. The SMILES string of the molecule is Cc1ccc(C(O)=C2C(=O)C(=O)N(c3nnc(SCc4cccc5ccccc45)s3)C2c2ccc(Br)cc2)cc1F. The zero-order valence-electron chi connectivity index (χ0n) is 21.5. The van der Waals surface area contributed by atoms with Gasteiger partial charge in [0, 0.05) is 15.8 Å². The number of nitrogens with zero attached hydrogens (tertiary/aromatic N) is 3. The number of anilines is 1. The van der Waals surface area contributed by atoms with Crippen LogP contribution < -0.4 is 4.90 Å². The predicted octanol–water partition coefficient (Wildman–Crippen LogP) is 7.82. The van der Waals surface area contributed by atoms with E-state index in [4.69, 9.17) is 0 Å². The van der Waals surface area contributed by atoms with Gasteiger partial charge < -0.3 is 5.11 Å². The number of thioether (sulfide) groups is 1. The molecule has 6 rings (SSSR count). The predicted molar refractivity (Wildman–Crippen MR) is 163 cm³/mol. The molecule has 1 atom stereocenters. The van der Waals surface area contributed by atoms with Crippen molar-refractivity contribution in [2.75, 3.05) is 4.90 Å². The highest BCUT2D eigenvalue weighted by atomic mass is 79.9. The van der Waals surface area contributed by atoms with Gasteiger partial charge >= 0.3 is 5.91 Å². The topological polar surface area (TPSA) is 83.4 Å². The summed E-state index contributed by atoms with van der Waals surface area (Å²) in [6.07, 6.45) is 0. The van der Waals surface area contributed by atoms with Crippen LogP contribution in [0.5, 0.6) is 0 Å². The molecule has 1 fully saturated rings. The Morgan fingerprint density at radius 3 is 2.56 bits per heavy atom. The van der Waals surface area contributed by atoms with Gasteiger partial charge in [-0.05, 0) is 52.6 Å². The number of aliphatic hydroxyl groups excluding tert-OH is 1. The van der Waals surface area contributed by atoms with Gasteiger partial charge in [-0.1, -0.05) is 106 Å². The second-order valence-electron chi connectivity index (χ2n) is 9.46. The Balaban J connectivity index is 1.37. The van der Waals surface area contributed by atoms with Gasteiger partial charge in [0.2, 0.25) is 5.13 Å². The summed E-state index contributed by atoms with van der Waals surface area (Å²) in [7, 11) is 0.